The Morgan fingerprint density at radius 3 is 3.06 bits per heavy atom. The Morgan fingerprint density at radius 1 is 1.47 bits per heavy atom. The van der Waals surface area contributed by atoms with Crippen LogP contribution in [0, 0.1) is 12.3 Å². The van der Waals surface area contributed by atoms with E-state index in [1.165, 1.54) is 0 Å². The van der Waals surface area contributed by atoms with Crippen LogP contribution >= 0.6 is 0 Å². The maximum atomic E-state index is 11.9. The zero-order valence-corrected chi connectivity index (χ0v) is 9.26. The van der Waals surface area contributed by atoms with Crippen LogP contribution in [0.4, 0.5) is 0 Å². The van der Waals surface area contributed by atoms with Gasteiger partial charge in [-0.25, -0.2) is 0 Å². The van der Waals surface area contributed by atoms with Gasteiger partial charge in [-0.2, -0.15) is 0 Å². The van der Waals surface area contributed by atoms with E-state index in [1.807, 2.05) is 18.2 Å². The molecular weight excluding hydrogens is 212 g/mol. The van der Waals surface area contributed by atoms with Gasteiger partial charge in [-0.15, -0.1) is 12.3 Å². The molecule has 0 aliphatic carbocycles. The number of rotatable bonds is 3. The number of hydrogen-bond donors (Lipinski definition) is 1. The lowest BCUT2D eigenvalue weighted by Gasteiger charge is -2.07. The second kappa shape index (κ2) is 4.77. The summed E-state index contributed by atoms with van der Waals surface area (Å²) in [4.78, 5) is 16.1. The highest BCUT2D eigenvalue weighted by atomic mass is 16.1. The molecule has 0 radical (unpaired) electrons. The van der Waals surface area contributed by atoms with Crippen LogP contribution in [0.5, 0.6) is 0 Å². The lowest BCUT2D eigenvalue weighted by atomic mass is 10.0. The first-order chi connectivity index (χ1) is 8.22. The van der Waals surface area contributed by atoms with E-state index in [9.17, 15) is 4.79 Å². The fourth-order valence-electron chi connectivity index (χ4n) is 1.66. The van der Waals surface area contributed by atoms with Gasteiger partial charge in [0.15, 0.2) is 5.78 Å². The van der Waals surface area contributed by atoms with Gasteiger partial charge in [0.05, 0.1) is 11.6 Å². The molecule has 2 aromatic rings. The normalized spacial score (nSPS) is 12.0. The third kappa shape index (κ3) is 2.32. The quantitative estimate of drug-likeness (QED) is 0.638. The number of ketones is 1. The van der Waals surface area contributed by atoms with Crippen molar-refractivity contribution in [2.75, 3.05) is 0 Å². The predicted octanol–water partition coefficient (Wildman–Crippen LogP) is 1.77. The highest BCUT2D eigenvalue weighted by Crippen LogP contribution is 2.14. The van der Waals surface area contributed by atoms with Crippen molar-refractivity contribution in [3.05, 3.63) is 42.1 Å². The largest absolute Gasteiger partial charge is 0.320 e. The number of fused-ring (bicyclic) bond motifs is 1. The summed E-state index contributed by atoms with van der Waals surface area (Å²) in [5, 5.41) is 0.922. The maximum Gasteiger partial charge on any atom is 0.180 e. The third-order valence-corrected chi connectivity index (χ3v) is 2.56. The van der Waals surface area contributed by atoms with Gasteiger partial charge in [0, 0.05) is 23.6 Å². The molecule has 1 unspecified atom stereocenters. The standard InChI is InChI=1S/C14H12N2O/c1-2-4-12(15)14(17)11-6-7-13-10(9-11)5-3-8-16-13/h1,3,5-9,12H,4,15H2. The smallest absolute Gasteiger partial charge is 0.180 e. The maximum absolute atomic E-state index is 11.9. The first-order valence-corrected chi connectivity index (χ1v) is 5.30. The van der Waals surface area contributed by atoms with E-state index in [0.717, 1.165) is 10.9 Å². The summed E-state index contributed by atoms with van der Waals surface area (Å²) < 4.78 is 0. The van der Waals surface area contributed by atoms with Gasteiger partial charge in [0.25, 0.3) is 0 Å². The Bertz CT molecular complexity index is 598. The zero-order valence-electron chi connectivity index (χ0n) is 9.26. The molecule has 1 heterocycles. The number of aromatic nitrogens is 1. The van der Waals surface area contributed by atoms with E-state index in [1.54, 1.807) is 18.3 Å². The number of carbonyl (C=O) groups is 1. The zero-order chi connectivity index (χ0) is 12.3. The summed E-state index contributed by atoms with van der Waals surface area (Å²) in [6.07, 6.45) is 7.11. The molecule has 0 saturated carbocycles. The lowest BCUT2D eigenvalue weighted by Crippen LogP contribution is -2.29. The number of nitrogens with two attached hydrogens (primary N) is 1. The molecule has 84 valence electrons. The van der Waals surface area contributed by atoms with Crippen molar-refractivity contribution in [1.29, 1.82) is 0 Å². The monoisotopic (exact) mass is 224 g/mol. The highest BCUT2D eigenvalue weighted by molar-refractivity contribution is 6.02. The molecule has 0 aliphatic heterocycles. The van der Waals surface area contributed by atoms with Crippen LogP contribution in [0.2, 0.25) is 0 Å². The van der Waals surface area contributed by atoms with Crippen LogP contribution in [-0.4, -0.2) is 16.8 Å². The minimum atomic E-state index is -0.630. The molecule has 3 nitrogen and oxygen atoms in total. The van der Waals surface area contributed by atoms with Crippen LogP contribution in [0.25, 0.3) is 10.9 Å². The number of pyridine rings is 1. The average Bonchev–Trinajstić information content (AvgIpc) is 2.37. The molecule has 0 bridgehead atoms. The number of benzene rings is 1. The van der Waals surface area contributed by atoms with Crippen LogP contribution in [0.3, 0.4) is 0 Å². The number of terminal acetylenes is 1. The van der Waals surface area contributed by atoms with E-state index >= 15 is 0 Å². The van der Waals surface area contributed by atoms with Gasteiger partial charge in [-0.3, -0.25) is 9.78 Å². The number of Topliss-reactive ketones (excluding diaryl/α,β-unsaturated/α-hetero) is 1. The van der Waals surface area contributed by atoms with Crippen molar-refractivity contribution in [1.82, 2.24) is 4.98 Å². The fourth-order valence-corrected chi connectivity index (χ4v) is 1.66. The first-order valence-electron chi connectivity index (χ1n) is 5.30. The Kier molecular flexibility index (Phi) is 3.17. The van der Waals surface area contributed by atoms with Crippen molar-refractivity contribution in [2.24, 2.45) is 5.73 Å². The van der Waals surface area contributed by atoms with E-state index < -0.39 is 6.04 Å². The van der Waals surface area contributed by atoms with Gasteiger partial charge >= 0.3 is 0 Å². The molecule has 1 aromatic carbocycles. The minimum Gasteiger partial charge on any atom is -0.320 e. The number of carbonyl (C=O) groups excluding carboxylic acids is 1. The molecule has 3 heteroatoms. The van der Waals surface area contributed by atoms with Crippen LogP contribution in [-0.2, 0) is 0 Å². The van der Waals surface area contributed by atoms with Crippen molar-refractivity contribution in [3.63, 3.8) is 0 Å². The van der Waals surface area contributed by atoms with Crippen molar-refractivity contribution >= 4 is 16.7 Å². The molecule has 0 saturated heterocycles. The predicted molar refractivity (Wildman–Crippen MR) is 67.5 cm³/mol. The second-order valence-electron chi connectivity index (χ2n) is 3.79. The third-order valence-electron chi connectivity index (χ3n) is 2.56. The second-order valence-corrected chi connectivity index (χ2v) is 3.79. The van der Waals surface area contributed by atoms with Crippen molar-refractivity contribution in [3.8, 4) is 12.3 Å². The van der Waals surface area contributed by atoms with Gasteiger partial charge in [0.2, 0.25) is 0 Å². The Labute approximate surface area is 99.7 Å². The summed E-state index contributed by atoms with van der Waals surface area (Å²) in [6.45, 7) is 0. The van der Waals surface area contributed by atoms with Crippen LogP contribution < -0.4 is 5.73 Å². The molecule has 0 amide bonds. The summed E-state index contributed by atoms with van der Waals surface area (Å²) in [7, 11) is 0. The number of hydrogen-bond acceptors (Lipinski definition) is 3. The minimum absolute atomic E-state index is 0.131. The lowest BCUT2D eigenvalue weighted by molar-refractivity contribution is 0.0963. The van der Waals surface area contributed by atoms with E-state index in [0.29, 0.717) is 5.56 Å². The molecule has 17 heavy (non-hydrogen) atoms. The van der Waals surface area contributed by atoms with E-state index in [2.05, 4.69) is 10.9 Å². The molecule has 0 spiro atoms. The van der Waals surface area contributed by atoms with Crippen molar-refractivity contribution in [2.45, 2.75) is 12.5 Å². The molecule has 1 atom stereocenters. The summed E-state index contributed by atoms with van der Waals surface area (Å²) >= 11 is 0. The Morgan fingerprint density at radius 2 is 2.29 bits per heavy atom. The van der Waals surface area contributed by atoms with Gasteiger partial charge < -0.3 is 5.73 Å². The van der Waals surface area contributed by atoms with Gasteiger partial charge in [0.1, 0.15) is 0 Å². The van der Waals surface area contributed by atoms with Gasteiger partial charge in [-0.05, 0) is 24.3 Å². The van der Waals surface area contributed by atoms with Crippen molar-refractivity contribution < 1.29 is 4.79 Å². The highest BCUT2D eigenvalue weighted by Gasteiger charge is 2.14. The molecule has 2 N–H and O–H groups in total. The van der Waals surface area contributed by atoms with E-state index in [-0.39, 0.29) is 12.2 Å². The molecule has 2 rings (SSSR count). The fraction of sp³-hybridized carbons (Fsp3) is 0.143. The molecule has 1 aromatic heterocycles. The van der Waals surface area contributed by atoms with Crippen LogP contribution in [0.1, 0.15) is 16.8 Å². The summed E-state index contributed by atoms with van der Waals surface area (Å²) in [5.74, 6) is 2.27. The first kappa shape index (κ1) is 11.3. The van der Waals surface area contributed by atoms with E-state index in [4.69, 9.17) is 12.2 Å². The Balaban J connectivity index is 2.37. The molecular formula is C14H12N2O. The Hall–Kier alpha value is -2.18. The SMILES string of the molecule is C#CCC(N)C(=O)c1ccc2ncccc2c1. The molecule has 0 aliphatic rings. The molecule has 0 fully saturated rings. The van der Waals surface area contributed by atoms with Gasteiger partial charge in [-0.1, -0.05) is 6.07 Å². The summed E-state index contributed by atoms with van der Waals surface area (Å²) in [6, 6.07) is 8.44. The van der Waals surface area contributed by atoms with Crippen LogP contribution in [0.15, 0.2) is 36.5 Å². The number of nitrogens with zero attached hydrogens (tertiary/aromatic N) is 1. The average molecular weight is 224 g/mol. The summed E-state index contributed by atoms with van der Waals surface area (Å²) in [5.41, 5.74) is 7.13. The topological polar surface area (TPSA) is 56.0 Å².